The van der Waals surface area contributed by atoms with Crippen LogP contribution in [0.2, 0.25) is 0 Å². The van der Waals surface area contributed by atoms with Crippen molar-refractivity contribution in [2.45, 2.75) is 25.9 Å². The molecule has 0 amide bonds. The minimum Gasteiger partial charge on any atom is -0.369 e. The molecule has 1 aliphatic heterocycles. The van der Waals surface area contributed by atoms with E-state index in [4.69, 9.17) is 4.74 Å². The maximum atomic E-state index is 11.7. The van der Waals surface area contributed by atoms with Gasteiger partial charge in [0.05, 0.1) is 12.2 Å². The van der Waals surface area contributed by atoms with Gasteiger partial charge < -0.3 is 4.74 Å². The molecular weight excluding hydrogens is 176 g/mol. The number of epoxide rings is 1. The van der Waals surface area contributed by atoms with Crippen LogP contribution < -0.4 is 0 Å². The van der Waals surface area contributed by atoms with Crippen LogP contribution in [-0.2, 0) is 4.74 Å². The smallest absolute Gasteiger partial charge is 0.165 e. The van der Waals surface area contributed by atoms with E-state index in [1.807, 2.05) is 38.1 Å². The Kier molecular flexibility index (Phi) is 2.16. The van der Waals surface area contributed by atoms with Crippen molar-refractivity contribution in [3.8, 4) is 0 Å². The minimum absolute atomic E-state index is 0.171. The van der Waals surface area contributed by atoms with Gasteiger partial charge >= 0.3 is 0 Å². The van der Waals surface area contributed by atoms with Gasteiger partial charge in [0.15, 0.2) is 5.78 Å². The molecule has 0 bridgehead atoms. The number of ether oxygens (including phenoxy) is 1. The lowest BCUT2D eigenvalue weighted by molar-refractivity contribution is 0.0951. The van der Waals surface area contributed by atoms with Crippen LogP contribution in [0.15, 0.2) is 24.3 Å². The molecule has 74 valence electrons. The largest absolute Gasteiger partial charge is 0.369 e. The van der Waals surface area contributed by atoms with E-state index < -0.39 is 0 Å². The fourth-order valence-corrected chi connectivity index (χ4v) is 1.41. The fourth-order valence-electron chi connectivity index (χ4n) is 1.41. The van der Waals surface area contributed by atoms with Gasteiger partial charge in [-0.1, -0.05) is 29.8 Å². The molecule has 1 unspecified atom stereocenters. The zero-order valence-corrected chi connectivity index (χ0v) is 8.54. The summed E-state index contributed by atoms with van der Waals surface area (Å²) in [6.07, 6.45) is 0.496. The van der Waals surface area contributed by atoms with Gasteiger partial charge in [0.2, 0.25) is 0 Å². The molecular formula is C12H14O2. The lowest BCUT2D eigenvalue weighted by Crippen LogP contribution is -2.12. The van der Waals surface area contributed by atoms with Crippen molar-refractivity contribution in [2.24, 2.45) is 0 Å². The second-order valence-corrected chi connectivity index (χ2v) is 4.20. The second kappa shape index (κ2) is 3.21. The van der Waals surface area contributed by atoms with Gasteiger partial charge in [-0.3, -0.25) is 4.79 Å². The predicted octanol–water partition coefficient (Wildman–Crippen LogP) is 2.36. The topological polar surface area (TPSA) is 29.6 Å². The quantitative estimate of drug-likeness (QED) is 0.541. The van der Waals surface area contributed by atoms with Crippen molar-refractivity contribution in [1.82, 2.24) is 0 Å². The van der Waals surface area contributed by atoms with Gasteiger partial charge in [0.25, 0.3) is 0 Å². The van der Waals surface area contributed by atoms with E-state index in [0.29, 0.717) is 13.0 Å². The molecule has 1 saturated heterocycles. The summed E-state index contributed by atoms with van der Waals surface area (Å²) in [5.74, 6) is 0.171. The van der Waals surface area contributed by atoms with E-state index in [0.717, 1.165) is 5.56 Å². The maximum absolute atomic E-state index is 11.7. The molecule has 1 aromatic rings. The Morgan fingerprint density at radius 3 is 2.50 bits per heavy atom. The molecule has 1 atom stereocenters. The van der Waals surface area contributed by atoms with Crippen LogP contribution in [0.25, 0.3) is 0 Å². The highest BCUT2D eigenvalue weighted by Crippen LogP contribution is 2.31. The molecule has 0 radical (unpaired) electrons. The number of carbonyl (C=O) groups is 1. The molecule has 14 heavy (non-hydrogen) atoms. The molecule has 1 fully saturated rings. The average molecular weight is 190 g/mol. The number of carbonyl (C=O) groups excluding carboxylic acids is 1. The Labute approximate surface area is 83.9 Å². The molecule has 0 N–H and O–H groups in total. The number of benzene rings is 1. The van der Waals surface area contributed by atoms with Crippen molar-refractivity contribution in [1.29, 1.82) is 0 Å². The summed E-state index contributed by atoms with van der Waals surface area (Å²) < 4.78 is 5.19. The zero-order valence-electron chi connectivity index (χ0n) is 8.54. The summed E-state index contributed by atoms with van der Waals surface area (Å²) in [6, 6.07) is 7.68. The Hall–Kier alpha value is -1.15. The summed E-state index contributed by atoms with van der Waals surface area (Å²) in [4.78, 5) is 11.7. The number of hydrogen-bond acceptors (Lipinski definition) is 2. The SMILES string of the molecule is Cc1ccc(C(=O)CC2(C)CO2)cc1. The van der Waals surface area contributed by atoms with Gasteiger partial charge in [-0.25, -0.2) is 0 Å². The molecule has 0 aliphatic carbocycles. The standard InChI is InChI=1S/C12H14O2/c1-9-3-5-10(6-4-9)11(13)7-12(2)8-14-12/h3-6H,7-8H2,1-2H3. The average Bonchev–Trinajstić information content (AvgIpc) is 2.84. The summed E-state index contributed by atoms with van der Waals surface area (Å²) in [5, 5.41) is 0. The molecule has 2 nitrogen and oxygen atoms in total. The third kappa shape index (κ3) is 2.02. The van der Waals surface area contributed by atoms with Gasteiger partial charge in [-0.05, 0) is 13.8 Å². The third-order valence-corrected chi connectivity index (χ3v) is 2.55. The van der Waals surface area contributed by atoms with Gasteiger partial charge in [0.1, 0.15) is 0 Å². The van der Waals surface area contributed by atoms with Crippen molar-refractivity contribution in [3.05, 3.63) is 35.4 Å². The summed E-state index contributed by atoms with van der Waals surface area (Å²) >= 11 is 0. The highest BCUT2D eigenvalue weighted by molar-refractivity contribution is 5.96. The van der Waals surface area contributed by atoms with Crippen LogP contribution in [-0.4, -0.2) is 18.0 Å². The monoisotopic (exact) mass is 190 g/mol. The molecule has 1 aromatic carbocycles. The summed E-state index contributed by atoms with van der Waals surface area (Å²) in [6.45, 7) is 4.70. The molecule has 0 saturated carbocycles. The first-order valence-electron chi connectivity index (χ1n) is 4.83. The predicted molar refractivity (Wildman–Crippen MR) is 54.5 cm³/mol. The zero-order chi connectivity index (χ0) is 10.2. The summed E-state index contributed by atoms with van der Waals surface area (Å²) in [5.41, 5.74) is 1.78. The van der Waals surface area contributed by atoms with Gasteiger partial charge in [-0.2, -0.15) is 0 Å². The normalized spacial score (nSPS) is 24.7. The molecule has 0 aromatic heterocycles. The van der Waals surface area contributed by atoms with E-state index in [-0.39, 0.29) is 11.4 Å². The van der Waals surface area contributed by atoms with Crippen molar-refractivity contribution in [2.75, 3.05) is 6.61 Å². The van der Waals surface area contributed by atoms with E-state index in [2.05, 4.69) is 0 Å². The van der Waals surface area contributed by atoms with E-state index in [1.54, 1.807) is 0 Å². The first-order chi connectivity index (χ1) is 6.59. The van der Waals surface area contributed by atoms with Gasteiger partial charge in [-0.15, -0.1) is 0 Å². The van der Waals surface area contributed by atoms with E-state index in [9.17, 15) is 4.79 Å². The highest BCUT2D eigenvalue weighted by Gasteiger charge is 2.41. The highest BCUT2D eigenvalue weighted by atomic mass is 16.6. The fraction of sp³-hybridized carbons (Fsp3) is 0.417. The Morgan fingerprint density at radius 1 is 1.43 bits per heavy atom. The lowest BCUT2D eigenvalue weighted by atomic mass is 10.00. The number of aryl methyl sites for hydroxylation is 1. The van der Waals surface area contributed by atoms with Crippen LogP contribution in [0.3, 0.4) is 0 Å². The lowest BCUT2D eigenvalue weighted by Gasteiger charge is -2.04. The number of ketones is 1. The maximum Gasteiger partial charge on any atom is 0.165 e. The molecule has 2 heteroatoms. The number of hydrogen-bond donors (Lipinski definition) is 0. The Morgan fingerprint density at radius 2 is 2.00 bits per heavy atom. The van der Waals surface area contributed by atoms with E-state index in [1.165, 1.54) is 5.56 Å². The van der Waals surface area contributed by atoms with Crippen molar-refractivity contribution < 1.29 is 9.53 Å². The first-order valence-corrected chi connectivity index (χ1v) is 4.83. The molecule has 2 rings (SSSR count). The van der Waals surface area contributed by atoms with Crippen LogP contribution in [0.5, 0.6) is 0 Å². The number of Topliss-reactive ketones (excluding diaryl/α,β-unsaturated/α-hetero) is 1. The van der Waals surface area contributed by atoms with Crippen LogP contribution in [0.1, 0.15) is 29.3 Å². The molecule has 1 heterocycles. The Balaban J connectivity index is 2.07. The summed E-state index contributed by atoms with van der Waals surface area (Å²) in [7, 11) is 0. The third-order valence-electron chi connectivity index (χ3n) is 2.55. The van der Waals surface area contributed by atoms with Gasteiger partial charge in [0, 0.05) is 12.0 Å². The molecule has 0 spiro atoms. The molecule has 1 aliphatic rings. The second-order valence-electron chi connectivity index (χ2n) is 4.20. The van der Waals surface area contributed by atoms with Crippen LogP contribution in [0, 0.1) is 6.92 Å². The van der Waals surface area contributed by atoms with Crippen LogP contribution in [0.4, 0.5) is 0 Å². The van der Waals surface area contributed by atoms with Crippen molar-refractivity contribution in [3.63, 3.8) is 0 Å². The van der Waals surface area contributed by atoms with Crippen molar-refractivity contribution >= 4 is 5.78 Å². The number of rotatable bonds is 3. The van der Waals surface area contributed by atoms with Crippen LogP contribution >= 0.6 is 0 Å². The van der Waals surface area contributed by atoms with E-state index >= 15 is 0 Å². The minimum atomic E-state index is -0.179. The Bertz CT molecular complexity index is 347. The first kappa shape index (κ1) is 9.41.